The molecule has 110 valence electrons. The Balaban J connectivity index is 2.27. The average Bonchev–Trinajstić information content (AvgIpc) is 2.43. The molecule has 2 rings (SSSR count). The van der Waals surface area contributed by atoms with Crippen molar-refractivity contribution >= 4 is 29.6 Å². The van der Waals surface area contributed by atoms with Gasteiger partial charge in [-0.15, -0.1) is 11.8 Å². The molecule has 1 saturated heterocycles. The van der Waals surface area contributed by atoms with E-state index in [1.807, 2.05) is 0 Å². The number of rotatable bonds is 4. The highest BCUT2D eigenvalue weighted by Gasteiger charge is 2.52. The van der Waals surface area contributed by atoms with E-state index in [1.165, 1.54) is 23.6 Å². The van der Waals surface area contributed by atoms with Gasteiger partial charge < -0.3 is 15.2 Å². The lowest BCUT2D eigenvalue weighted by Crippen LogP contribution is -2.68. The predicted molar refractivity (Wildman–Crippen MR) is 71.4 cm³/mol. The van der Waals surface area contributed by atoms with Crippen molar-refractivity contribution in [3.8, 4) is 0 Å². The number of fused-ring (bicyclic) bond motifs is 1. The molecule has 1 amide bonds. The molecular formula is C12H16N2O5S. The third kappa shape index (κ3) is 2.53. The van der Waals surface area contributed by atoms with Gasteiger partial charge in [-0.2, -0.15) is 0 Å². The Bertz CT molecular complexity index is 490. The summed E-state index contributed by atoms with van der Waals surface area (Å²) in [6.07, 6.45) is 0. The fourth-order valence-electron chi connectivity index (χ4n) is 2.07. The predicted octanol–water partition coefficient (Wildman–Crippen LogP) is -0.391. The monoisotopic (exact) mass is 300 g/mol. The Hall–Kier alpha value is -1.54. The smallest absolute Gasteiger partial charge is 0.355 e. The molecule has 0 aromatic carbocycles. The van der Waals surface area contributed by atoms with Crippen LogP contribution in [0.25, 0.3) is 0 Å². The van der Waals surface area contributed by atoms with Crippen molar-refractivity contribution in [2.24, 2.45) is 5.73 Å². The van der Waals surface area contributed by atoms with E-state index in [0.717, 1.165) is 0 Å². The van der Waals surface area contributed by atoms with Gasteiger partial charge in [0.25, 0.3) is 0 Å². The molecule has 2 N–H and O–H groups in total. The summed E-state index contributed by atoms with van der Waals surface area (Å²) in [4.78, 5) is 36.1. The minimum Gasteiger partial charge on any atom is -0.461 e. The molecular weight excluding hydrogens is 284 g/mol. The Kier molecular flexibility index (Phi) is 4.34. The van der Waals surface area contributed by atoms with E-state index in [0.29, 0.717) is 11.3 Å². The van der Waals surface area contributed by atoms with Crippen LogP contribution in [0.15, 0.2) is 11.3 Å². The summed E-state index contributed by atoms with van der Waals surface area (Å²) in [7, 11) is 0. The number of ether oxygens (including phenoxy) is 2. The lowest BCUT2D eigenvalue weighted by molar-refractivity contribution is -0.150. The quantitative estimate of drug-likeness (QED) is 0.557. The zero-order chi connectivity index (χ0) is 14.9. The highest BCUT2D eigenvalue weighted by molar-refractivity contribution is 8.00. The van der Waals surface area contributed by atoms with Crippen molar-refractivity contribution in [1.82, 2.24) is 4.90 Å². The molecule has 20 heavy (non-hydrogen) atoms. The van der Waals surface area contributed by atoms with Crippen molar-refractivity contribution in [1.29, 1.82) is 0 Å². The number of β-lactam (4-membered cyclic amide) rings is 1. The molecule has 0 aromatic rings. The number of esters is 2. The van der Waals surface area contributed by atoms with Gasteiger partial charge in [0.1, 0.15) is 23.7 Å². The molecule has 2 atom stereocenters. The summed E-state index contributed by atoms with van der Waals surface area (Å²) in [5, 5.41) is -0.247. The third-order valence-corrected chi connectivity index (χ3v) is 4.37. The first kappa shape index (κ1) is 14.9. The van der Waals surface area contributed by atoms with Crippen molar-refractivity contribution in [3.05, 3.63) is 11.3 Å². The molecule has 0 aromatic heterocycles. The summed E-state index contributed by atoms with van der Waals surface area (Å²) in [5.41, 5.74) is 6.45. The fraction of sp³-hybridized carbons (Fsp3) is 0.583. The Labute approximate surface area is 120 Å². The van der Waals surface area contributed by atoms with Crippen molar-refractivity contribution in [2.75, 3.05) is 19.0 Å². The van der Waals surface area contributed by atoms with Gasteiger partial charge in [0.2, 0.25) is 5.91 Å². The summed E-state index contributed by atoms with van der Waals surface area (Å²) >= 11 is 1.45. The standard InChI is InChI=1S/C12H16N2O5S/c1-3-18-12(17)9-7(4-19-6(2)15)5-20-11-8(13)10(16)14(9)11/h8,11H,3-5,13H2,1-2H3/t8-,11-/m1/s1. The summed E-state index contributed by atoms with van der Waals surface area (Å²) < 4.78 is 9.90. The number of carbonyl (C=O) groups is 3. The SMILES string of the molecule is CCOC(=O)C1=C(COC(C)=O)CS[C@@H]2[C@H](N)C(=O)N12. The zero-order valence-corrected chi connectivity index (χ0v) is 12.1. The van der Waals surface area contributed by atoms with E-state index in [-0.39, 0.29) is 30.2 Å². The number of hydrogen-bond donors (Lipinski definition) is 1. The van der Waals surface area contributed by atoms with Crippen LogP contribution in [0.2, 0.25) is 0 Å². The van der Waals surface area contributed by atoms with Crippen molar-refractivity contribution in [3.63, 3.8) is 0 Å². The highest BCUT2D eigenvalue weighted by atomic mass is 32.2. The molecule has 7 nitrogen and oxygen atoms in total. The van der Waals surface area contributed by atoms with Crippen LogP contribution in [0.4, 0.5) is 0 Å². The van der Waals surface area contributed by atoms with E-state index in [9.17, 15) is 14.4 Å². The van der Waals surface area contributed by atoms with Crippen LogP contribution >= 0.6 is 11.8 Å². The maximum absolute atomic E-state index is 12.0. The first-order valence-corrected chi connectivity index (χ1v) is 7.25. The molecule has 8 heteroatoms. The maximum Gasteiger partial charge on any atom is 0.355 e. The average molecular weight is 300 g/mol. The van der Waals surface area contributed by atoms with Crippen LogP contribution < -0.4 is 5.73 Å². The number of hydrogen-bond acceptors (Lipinski definition) is 7. The molecule has 2 aliphatic rings. The Morgan fingerprint density at radius 1 is 1.45 bits per heavy atom. The lowest BCUT2D eigenvalue weighted by Gasteiger charge is -2.48. The largest absolute Gasteiger partial charge is 0.461 e. The van der Waals surface area contributed by atoms with Gasteiger partial charge in [0.05, 0.1) is 6.61 Å². The van der Waals surface area contributed by atoms with Crippen LogP contribution in [0.5, 0.6) is 0 Å². The topological polar surface area (TPSA) is 98.9 Å². The number of amides is 1. The number of thioether (sulfide) groups is 1. The molecule has 0 aliphatic carbocycles. The third-order valence-electron chi connectivity index (χ3n) is 3.01. The van der Waals surface area contributed by atoms with Gasteiger partial charge in [-0.05, 0) is 6.92 Å². The van der Waals surface area contributed by atoms with Gasteiger partial charge in [-0.1, -0.05) is 0 Å². The van der Waals surface area contributed by atoms with Crippen LogP contribution in [0, 0.1) is 0 Å². The Morgan fingerprint density at radius 2 is 2.15 bits per heavy atom. The Morgan fingerprint density at radius 3 is 2.75 bits per heavy atom. The van der Waals surface area contributed by atoms with Crippen molar-refractivity contribution < 1.29 is 23.9 Å². The minimum atomic E-state index is -0.597. The second kappa shape index (κ2) is 5.84. The maximum atomic E-state index is 12.0. The van der Waals surface area contributed by atoms with E-state index >= 15 is 0 Å². The van der Waals surface area contributed by atoms with Crippen LogP contribution in [-0.2, 0) is 23.9 Å². The first-order chi connectivity index (χ1) is 9.47. The van der Waals surface area contributed by atoms with Gasteiger partial charge in [-0.3, -0.25) is 14.5 Å². The van der Waals surface area contributed by atoms with Gasteiger partial charge in [0.15, 0.2) is 0 Å². The van der Waals surface area contributed by atoms with Crippen LogP contribution in [0.3, 0.4) is 0 Å². The second-order valence-electron chi connectivity index (χ2n) is 4.39. The molecule has 0 radical (unpaired) electrons. The van der Waals surface area contributed by atoms with E-state index in [1.54, 1.807) is 6.92 Å². The number of nitrogens with two attached hydrogens (primary N) is 1. The number of nitrogens with zero attached hydrogens (tertiary/aromatic N) is 1. The number of carbonyl (C=O) groups excluding carboxylic acids is 3. The van der Waals surface area contributed by atoms with E-state index in [2.05, 4.69) is 0 Å². The molecule has 0 bridgehead atoms. The minimum absolute atomic E-state index is 0.0256. The second-order valence-corrected chi connectivity index (χ2v) is 5.49. The normalized spacial score (nSPS) is 24.9. The van der Waals surface area contributed by atoms with E-state index < -0.39 is 18.0 Å². The van der Waals surface area contributed by atoms with Gasteiger partial charge in [0, 0.05) is 18.2 Å². The van der Waals surface area contributed by atoms with Gasteiger partial charge in [-0.25, -0.2) is 4.79 Å². The molecule has 1 fully saturated rings. The summed E-state index contributed by atoms with van der Waals surface area (Å²) in [6.45, 7) is 3.15. The van der Waals surface area contributed by atoms with Crippen LogP contribution in [0.1, 0.15) is 13.8 Å². The fourth-order valence-corrected chi connectivity index (χ4v) is 3.34. The van der Waals surface area contributed by atoms with Gasteiger partial charge >= 0.3 is 11.9 Å². The van der Waals surface area contributed by atoms with Crippen molar-refractivity contribution in [2.45, 2.75) is 25.3 Å². The molecule has 0 spiro atoms. The van der Waals surface area contributed by atoms with Crippen LogP contribution in [-0.4, -0.2) is 53.1 Å². The zero-order valence-electron chi connectivity index (χ0n) is 11.3. The van der Waals surface area contributed by atoms with E-state index in [4.69, 9.17) is 15.2 Å². The lowest BCUT2D eigenvalue weighted by atomic mass is 10.0. The summed E-state index contributed by atoms with van der Waals surface area (Å²) in [6, 6.07) is -0.597. The molecule has 0 saturated carbocycles. The molecule has 2 aliphatic heterocycles. The molecule has 2 heterocycles. The highest BCUT2D eigenvalue weighted by Crippen LogP contribution is 2.39. The molecule has 0 unspecified atom stereocenters. The first-order valence-electron chi connectivity index (χ1n) is 6.20. The summed E-state index contributed by atoms with van der Waals surface area (Å²) in [5.74, 6) is -0.867.